The lowest BCUT2D eigenvalue weighted by Gasteiger charge is -2.22. The molecule has 0 unspecified atom stereocenters. The van der Waals surface area contributed by atoms with Gasteiger partial charge in [-0.3, -0.25) is 9.59 Å². The molecule has 124 valence electrons. The Bertz CT molecular complexity index is 562. The minimum atomic E-state index is -0.202. The number of ether oxygens (including phenoxy) is 1. The molecule has 5 nitrogen and oxygen atoms in total. The Morgan fingerprint density at radius 2 is 1.74 bits per heavy atom. The van der Waals surface area contributed by atoms with E-state index in [1.807, 2.05) is 19.1 Å². The van der Waals surface area contributed by atoms with Crippen molar-refractivity contribution < 1.29 is 19.2 Å². The third-order valence-corrected chi connectivity index (χ3v) is 4.79. The highest BCUT2D eigenvalue weighted by Crippen LogP contribution is 2.24. The standard InChI is InChI=1S/C18H24N2O3/c1-2-23-15-9-7-14(8-10-15)20-17(21)13-16(18(20)22)19-11-5-3-4-6-12-19/h7-10,16H,2-6,11-13H2,1H3/p+1/t16-/m0/s1. The van der Waals surface area contributed by atoms with Crippen molar-refractivity contribution in [1.29, 1.82) is 0 Å². The van der Waals surface area contributed by atoms with Crippen LogP contribution in [0.3, 0.4) is 0 Å². The maximum absolute atomic E-state index is 12.8. The molecule has 0 aliphatic carbocycles. The minimum absolute atomic E-state index is 0.0453. The molecule has 0 saturated carbocycles. The summed E-state index contributed by atoms with van der Waals surface area (Å²) >= 11 is 0. The van der Waals surface area contributed by atoms with Gasteiger partial charge >= 0.3 is 0 Å². The van der Waals surface area contributed by atoms with Crippen molar-refractivity contribution in [1.82, 2.24) is 0 Å². The molecular weight excluding hydrogens is 292 g/mol. The molecule has 1 aromatic carbocycles. The lowest BCUT2D eigenvalue weighted by atomic mass is 10.2. The fourth-order valence-corrected chi connectivity index (χ4v) is 3.61. The first-order valence-corrected chi connectivity index (χ1v) is 8.65. The average Bonchev–Trinajstić information content (AvgIpc) is 2.74. The van der Waals surface area contributed by atoms with Crippen molar-refractivity contribution in [3.05, 3.63) is 24.3 Å². The van der Waals surface area contributed by atoms with E-state index in [-0.39, 0.29) is 17.9 Å². The predicted octanol–water partition coefficient (Wildman–Crippen LogP) is 1.18. The molecule has 2 saturated heterocycles. The molecule has 5 heteroatoms. The summed E-state index contributed by atoms with van der Waals surface area (Å²) in [5.41, 5.74) is 0.653. The molecular formula is C18H25N2O3+. The SMILES string of the molecule is CCOc1ccc(N2C(=O)C[C@H]([NH+]3CCCCCC3)C2=O)cc1. The van der Waals surface area contributed by atoms with E-state index in [9.17, 15) is 9.59 Å². The van der Waals surface area contributed by atoms with Crippen molar-refractivity contribution in [2.24, 2.45) is 0 Å². The fourth-order valence-electron chi connectivity index (χ4n) is 3.61. The molecule has 2 heterocycles. The summed E-state index contributed by atoms with van der Waals surface area (Å²) in [7, 11) is 0. The lowest BCUT2D eigenvalue weighted by Crippen LogP contribution is -3.16. The second kappa shape index (κ2) is 7.13. The molecule has 2 fully saturated rings. The van der Waals surface area contributed by atoms with Gasteiger partial charge in [-0.25, -0.2) is 4.90 Å². The van der Waals surface area contributed by atoms with E-state index < -0.39 is 0 Å². The van der Waals surface area contributed by atoms with Gasteiger partial charge < -0.3 is 9.64 Å². The number of nitrogens with zero attached hydrogens (tertiary/aromatic N) is 1. The molecule has 2 amide bonds. The van der Waals surface area contributed by atoms with Gasteiger partial charge in [0.15, 0.2) is 6.04 Å². The quantitative estimate of drug-likeness (QED) is 0.849. The molecule has 23 heavy (non-hydrogen) atoms. The number of hydrogen-bond donors (Lipinski definition) is 1. The van der Waals surface area contributed by atoms with E-state index in [0.29, 0.717) is 18.7 Å². The van der Waals surface area contributed by atoms with Crippen LogP contribution in [0.2, 0.25) is 0 Å². The zero-order valence-corrected chi connectivity index (χ0v) is 13.7. The summed E-state index contributed by atoms with van der Waals surface area (Å²) in [5, 5.41) is 0. The number of carbonyl (C=O) groups is 2. The van der Waals surface area contributed by atoms with E-state index in [1.54, 1.807) is 12.1 Å². The minimum Gasteiger partial charge on any atom is -0.494 e. The molecule has 0 aromatic heterocycles. The highest BCUT2D eigenvalue weighted by atomic mass is 16.5. The van der Waals surface area contributed by atoms with E-state index in [2.05, 4.69) is 0 Å². The normalized spacial score (nSPS) is 23.2. The highest BCUT2D eigenvalue weighted by Gasteiger charge is 2.45. The molecule has 2 aliphatic rings. The van der Waals surface area contributed by atoms with Gasteiger partial charge in [-0.05, 0) is 56.9 Å². The number of quaternary nitrogens is 1. The van der Waals surface area contributed by atoms with Crippen molar-refractivity contribution in [3.63, 3.8) is 0 Å². The van der Waals surface area contributed by atoms with Crippen LogP contribution in [-0.4, -0.2) is 37.6 Å². The van der Waals surface area contributed by atoms with Crippen LogP contribution < -0.4 is 14.5 Å². The zero-order chi connectivity index (χ0) is 16.2. The Morgan fingerprint density at radius 1 is 1.09 bits per heavy atom. The summed E-state index contributed by atoms with van der Waals surface area (Å²) in [6.45, 7) is 4.53. The third-order valence-electron chi connectivity index (χ3n) is 4.79. The van der Waals surface area contributed by atoms with Gasteiger partial charge in [0, 0.05) is 0 Å². The number of nitrogens with one attached hydrogen (secondary N) is 1. The number of imide groups is 1. The summed E-state index contributed by atoms with van der Waals surface area (Å²) in [6, 6.07) is 7.01. The van der Waals surface area contributed by atoms with Gasteiger partial charge in [-0.15, -0.1) is 0 Å². The van der Waals surface area contributed by atoms with Crippen LogP contribution in [0, 0.1) is 0 Å². The Balaban J connectivity index is 1.75. The Hall–Kier alpha value is -1.88. The van der Waals surface area contributed by atoms with Gasteiger partial charge in [-0.1, -0.05) is 0 Å². The topological polar surface area (TPSA) is 51.0 Å². The van der Waals surface area contributed by atoms with Crippen LogP contribution in [0.4, 0.5) is 5.69 Å². The fraction of sp³-hybridized carbons (Fsp3) is 0.556. The second-order valence-corrected chi connectivity index (χ2v) is 6.32. The van der Waals surface area contributed by atoms with Crippen molar-refractivity contribution >= 4 is 17.5 Å². The number of hydrogen-bond acceptors (Lipinski definition) is 3. The summed E-state index contributed by atoms with van der Waals surface area (Å²) in [5.74, 6) is 0.627. The van der Waals surface area contributed by atoms with Gasteiger partial charge in [-0.2, -0.15) is 0 Å². The van der Waals surface area contributed by atoms with E-state index in [0.717, 1.165) is 31.7 Å². The lowest BCUT2D eigenvalue weighted by molar-refractivity contribution is -0.914. The van der Waals surface area contributed by atoms with Gasteiger partial charge in [0.1, 0.15) is 5.75 Å². The van der Waals surface area contributed by atoms with Crippen LogP contribution in [0.25, 0.3) is 0 Å². The molecule has 3 rings (SSSR count). The van der Waals surface area contributed by atoms with E-state index in [1.165, 1.54) is 22.6 Å². The maximum Gasteiger partial charge on any atom is 0.292 e. The Labute approximate surface area is 137 Å². The van der Waals surface area contributed by atoms with Crippen LogP contribution in [0.15, 0.2) is 24.3 Å². The first-order valence-electron chi connectivity index (χ1n) is 8.65. The van der Waals surface area contributed by atoms with Crippen LogP contribution in [0.5, 0.6) is 5.75 Å². The largest absolute Gasteiger partial charge is 0.494 e. The number of anilines is 1. The molecule has 0 bridgehead atoms. The smallest absolute Gasteiger partial charge is 0.292 e. The molecule has 1 N–H and O–H groups in total. The number of likely N-dealkylation sites (tertiary alicyclic amines) is 1. The Kier molecular flexibility index (Phi) is 4.96. The molecule has 0 radical (unpaired) electrons. The highest BCUT2D eigenvalue weighted by molar-refractivity contribution is 6.21. The first-order chi connectivity index (χ1) is 11.2. The summed E-state index contributed by atoms with van der Waals surface area (Å²) in [6.07, 6.45) is 5.11. The van der Waals surface area contributed by atoms with Crippen molar-refractivity contribution in [2.45, 2.75) is 45.1 Å². The first kappa shape index (κ1) is 16.0. The van der Waals surface area contributed by atoms with Crippen LogP contribution in [-0.2, 0) is 9.59 Å². The second-order valence-electron chi connectivity index (χ2n) is 6.32. The molecule has 1 atom stereocenters. The maximum atomic E-state index is 12.8. The molecule has 1 aromatic rings. The van der Waals surface area contributed by atoms with Crippen molar-refractivity contribution in [3.8, 4) is 5.75 Å². The molecule has 2 aliphatic heterocycles. The van der Waals surface area contributed by atoms with Gasteiger partial charge in [0.25, 0.3) is 5.91 Å². The zero-order valence-electron chi connectivity index (χ0n) is 13.7. The van der Waals surface area contributed by atoms with Gasteiger partial charge in [0.05, 0.1) is 31.8 Å². The number of amides is 2. The van der Waals surface area contributed by atoms with Crippen molar-refractivity contribution in [2.75, 3.05) is 24.6 Å². The average molecular weight is 317 g/mol. The third kappa shape index (κ3) is 3.39. The number of rotatable bonds is 4. The summed E-state index contributed by atoms with van der Waals surface area (Å²) in [4.78, 5) is 27.8. The van der Waals surface area contributed by atoms with E-state index in [4.69, 9.17) is 4.74 Å². The van der Waals surface area contributed by atoms with Gasteiger partial charge in [0.2, 0.25) is 5.91 Å². The number of benzene rings is 1. The summed E-state index contributed by atoms with van der Waals surface area (Å²) < 4.78 is 5.41. The predicted molar refractivity (Wildman–Crippen MR) is 87.7 cm³/mol. The van der Waals surface area contributed by atoms with Crippen LogP contribution >= 0.6 is 0 Å². The monoisotopic (exact) mass is 317 g/mol. The van der Waals surface area contributed by atoms with E-state index >= 15 is 0 Å². The number of carbonyl (C=O) groups excluding carboxylic acids is 2. The Morgan fingerprint density at radius 3 is 2.35 bits per heavy atom. The molecule has 0 spiro atoms. The van der Waals surface area contributed by atoms with Crippen LogP contribution in [0.1, 0.15) is 39.0 Å².